The van der Waals surface area contributed by atoms with E-state index >= 15 is 0 Å². The highest BCUT2D eigenvalue weighted by molar-refractivity contribution is 7.89. The Morgan fingerprint density at radius 1 is 1.03 bits per heavy atom. The van der Waals surface area contributed by atoms with Crippen LogP contribution in [0.25, 0.3) is 10.4 Å². The standard InChI is InChI=1S/C29H31N3O5S2/c1-19(2)17-23(30-28(34)21-12-10-20(11-13-21)26-9-6-16-38-26)29(35)31-15-14-24-27(31)25(33)18-32(24)39(36,37)22-7-4-3-5-8-22/h3-13,16,19,23-24,27H,14-15,17-18H2,1-2H3,(H,30,34). The van der Waals surface area contributed by atoms with Crippen LogP contribution < -0.4 is 5.32 Å². The number of nitrogens with one attached hydrogen (secondary N) is 1. The predicted molar refractivity (Wildman–Crippen MR) is 150 cm³/mol. The number of Topliss-reactive ketones (excluding diaryl/α,β-unsaturated/α-hetero) is 1. The summed E-state index contributed by atoms with van der Waals surface area (Å²) in [5.41, 5.74) is 1.45. The monoisotopic (exact) mass is 565 g/mol. The summed E-state index contributed by atoms with van der Waals surface area (Å²) >= 11 is 1.61. The van der Waals surface area contributed by atoms with Crippen molar-refractivity contribution in [2.24, 2.45) is 5.92 Å². The van der Waals surface area contributed by atoms with Crippen molar-refractivity contribution >= 4 is 39.0 Å². The molecule has 2 aliphatic heterocycles. The van der Waals surface area contributed by atoms with E-state index in [1.54, 1.807) is 41.7 Å². The maximum Gasteiger partial charge on any atom is 0.251 e. The van der Waals surface area contributed by atoms with Crippen LogP contribution in [0.2, 0.25) is 0 Å². The number of nitrogens with zero attached hydrogens (tertiary/aromatic N) is 2. The fraction of sp³-hybridized carbons (Fsp3) is 0.345. The summed E-state index contributed by atoms with van der Waals surface area (Å²) in [5.74, 6) is -0.919. The van der Waals surface area contributed by atoms with Gasteiger partial charge in [-0.2, -0.15) is 4.31 Å². The Balaban J connectivity index is 1.33. The van der Waals surface area contributed by atoms with Gasteiger partial charge in [0.2, 0.25) is 15.9 Å². The van der Waals surface area contributed by atoms with Crippen LogP contribution in [0.1, 0.15) is 37.0 Å². The van der Waals surface area contributed by atoms with E-state index < -0.39 is 28.1 Å². The van der Waals surface area contributed by atoms with E-state index in [0.29, 0.717) is 18.4 Å². The highest BCUT2D eigenvalue weighted by Crippen LogP contribution is 2.34. The van der Waals surface area contributed by atoms with E-state index in [-0.39, 0.29) is 41.5 Å². The minimum Gasteiger partial charge on any atom is -0.340 e. The molecule has 0 radical (unpaired) electrons. The van der Waals surface area contributed by atoms with Crippen molar-refractivity contribution in [3.8, 4) is 10.4 Å². The molecule has 3 unspecified atom stereocenters. The summed E-state index contributed by atoms with van der Waals surface area (Å²) in [6.45, 7) is 3.91. The molecule has 2 aromatic carbocycles. The highest BCUT2D eigenvalue weighted by Gasteiger charge is 2.54. The number of fused-ring (bicyclic) bond motifs is 1. The van der Waals surface area contributed by atoms with Gasteiger partial charge in [0.05, 0.1) is 17.5 Å². The molecule has 2 aliphatic rings. The minimum atomic E-state index is -3.88. The van der Waals surface area contributed by atoms with Crippen LogP contribution in [-0.2, 0) is 19.6 Å². The first-order valence-electron chi connectivity index (χ1n) is 13.0. The number of hydrogen-bond donors (Lipinski definition) is 1. The number of carbonyl (C=O) groups excluding carboxylic acids is 3. The molecule has 0 aliphatic carbocycles. The number of thiophene rings is 1. The third-order valence-corrected chi connectivity index (χ3v) is 10.1. The van der Waals surface area contributed by atoms with E-state index in [2.05, 4.69) is 5.32 Å². The number of amides is 2. The van der Waals surface area contributed by atoms with Crippen LogP contribution in [0.4, 0.5) is 0 Å². The van der Waals surface area contributed by atoms with E-state index in [9.17, 15) is 22.8 Å². The van der Waals surface area contributed by atoms with Gasteiger partial charge in [-0.05, 0) is 60.0 Å². The molecule has 39 heavy (non-hydrogen) atoms. The zero-order chi connectivity index (χ0) is 27.7. The van der Waals surface area contributed by atoms with E-state index in [0.717, 1.165) is 10.4 Å². The average Bonchev–Trinajstić information content (AvgIpc) is 3.67. The largest absolute Gasteiger partial charge is 0.340 e. The molecule has 3 atom stereocenters. The Bertz CT molecular complexity index is 1450. The van der Waals surface area contributed by atoms with Crippen LogP contribution >= 0.6 is 11.3 Å². The Hall–Kier alpha value is -3.34. The summed E-state index contributed by atoms with van der Waals surface area (Å²) < 4.78 is 27.8. The second kappa shape index (κ2) is 11.0. The third kappa shape index (κ3) is 5.41. The first-order chi connectivity index (χ1) is 18.7. The Morgan fingerprint density at radius 3 is 2.38 bits per heavy atom. The highest BCUT2D eigenvalue weighted by atomic mass is 32.2. The zero-order valence-electron chi connectivity index (χ0n) is 21.8. The number of sulfonamides is 1. The molecule has 3 aromatic rings. The molecule has 1 aromatic heterocycles. The van der Waals surface area contributed by atoms with Crippen LogP contribution in [0.3, 0.4) is 0 Å². The van der Waals surface area contributed by atoms with Crippen LogP contribution in [0.15, 0.2) is 77.0 Å². The molecule has 8 nitrogen and oxygen atoms in total. The van der Waals surface area contributed by atoms with Gasteiger partial charge < -0.3 is 10.2 Å². The lowest BCUT2D eigenvalue weighted by Gasteiger charge is -2.29. The van der Waals surface area contributed by atoms with Gasteiger partial charge >= 0.3 is 0 Å². The first kappa shape index (κ1) is 27.2. The van der Waals surface area contributed by atoms with Crippen LogP contribution in [0, 0.1) is 5.92 Å². The molecule has 2 fully saturated rings. The SMILES string of the molecule is CC(C)CC(NC(=O)c1ccc(-c2cccs2)cc1)C(=O)N1CCC2C1C(=O)CN2S(=O)(=O)c1ccccc1. The fourth-order valence-corrected chi connectivity index (χ4v) is 7.81. The molecule has 3 heterocycles. The van der Waals surface area contributed by atoms with Crippen molar-refractivity contribution in [1.29, 1.82) is 0 Å². The number of benzene rings is 2. The predicted octanol–water partition coefficient (Wildman–Crippen LogP) is 3.80. The summed E-state index contributed by atoms with van der Waals surface area (Å²) in [6, 6.07) is 16.9. The lowest BCUT2D eigenvalue weighted by molar-refractivity contribution is -0.138. The minimum absolute atomic E-state index is 0.105. The van der Waals surface area contributed by atoms with Crippen molar-refractivity contribution in [1.82, 2.24) is 14.5 Å². The molecular weight excluding hydrogens is 534 g/mol. The molecule has 0 saturated carbocycles. The number of hydrogen-bond acceptors (Lipinski definition) is 6. The second-order valence-corrected chi connectivity index (χ2v) is 13.2. The maximum atomic E-state index is 13.8. The number of rotatable bonds is 8. The van der Waals surface area contributed by atoms with Crippen molar-refractivity contribution in [2.75, 3.05) is 13.1 Å². The van der Waals surface area contributed by atoms with E-state index in [1.165, 1.54) is 21.3 Å². The lowest BCUT2D eigenvalue weighted by Crippen LogP contribution is -2.53. The average molecular weight is 566 g/mol. The molecular formula is C29H31N3O5S2. The lowest BCUT2D eigenvalue weighted by atomic mass is 10.0. The quantitative estimate of drug-likeness (QED) is 0.448. The van der Waals surface area contributed by atoms with Crippen molar-refractivity contribution < 1.29 is 22.8 Å². The van der Waals surface area contributed by atoms with Gasteiger partial charge in [-0.1, -0.05) is 50.2 Å². The van der Waals surface area contributed by atoms with Gasteiger partial charge in [0.15, 0.2) is 5.78 Å². The normalized spacial score (nSPS) is 20.3. The van der Waals surface area contributed by atoms with Gasteiger partial charge in [0.1, 0.15) is 12.1 Å². The molecule has 5 rings (SSSR count). The van der Waals surface area contributed by atoms with Crippen molar-refractivity contribution in [2.45, 2.75) is 49.7 Å². The molecule has 0 spiro atoms. The molecule has 2 saturated heterocycles. The first-order valence-corrected chi connectivity index (χ1v) is 15.3. The Labute approximate surface area is 232 Å². The molecule has 2 amide bonds. The van der Waals surface area contributed by atoms with Crippen molar-refractivity contribution in [3.63, 3.8) is 0 Å². The van der Waals surface area contributed by atoms with Crippen LogP contribution in [0.5, 0.6) is 0 Å². The maximum absolute atomic E-state index is 13.8. The summed E-state index contributed by atoms with van der Waals surface area (Å²) in [5, 5.41) is 4.88. The van der Waals surface area contributed by atoms with Gasteiger partial charge in [0.25, 0.3) is 5.91 Å². The summed E-state index contributed by atoms with van der Waals surface area (Å²) in [4.78, 5) is 42.7. The third-order valence-electron chi connectivity index (χ3n) is 7.27. The van der Waals surface area contributed by atoms with Crippen molar-refractivity contribution in [3.05, 3.63) is 77.7 Å². The van der Waals surface area contributed by atoms with E-state index in [1.807, 2.05) is 43.5 Å². The summed E-state index contributed by atoms with van der Waals surface area (Å²) in [7, 11) is -3.88. The number of ketones is 1. The van der Waals surface area contributed by atoms with Gasteiger partial charge in [-0.15, -0.1) is 11.3 Å². The smallest absolute Gasteiger partial charge is 0.251 e. The van der Waals surface area contributed by atoms with Gasteiger partial charge in [-0.25, -0.2) is 8.42 Å². The molecule has 1 N–H and O–H groups in total. The van der Waals surface area contributed by atoms with Gasteiger partial charge in [-0.3, -0.25) is 14.4 Å². The Kier molecular flexibility index (Phi) is 7.70. The number of likely N-dealkylation sites (tertiary alicyclic amines) is 1. The van der Waals surface area contributed by atoms with E-state index in [4.69, 9.17) is 0 Å². The second-order valence-electron chi connectivity index (χ2n) is 10.4. The Morgan fingerprint density at radius 2 is 1.74 bits per heavy atom. The topological polar surface area (TPSA) is 104 Å². The van der Waals surface area contributed by atoms with Crippen LogP contribution in [-0.4, -0.2) is 66.4 Å². The number of carbonyl (C=O) groups is 3. The molecule has 10 heteroatoms. The summed E-state index contributed by atoms with van der Waals surface area (Å²) in [6.07, 6.45) is 0.757. The van der Waals surface area contributed by atoms with Gasteiger partial charge in [0, 0.05) is 17.0 Å². The molecule has 0 bridgehead atoms. The fourth-order valence-electron chi connectivity index (χ4n) is 5.43. The zero-order valence-corrected chi connectivity index (χ0v) is 23.5. The molecule has 204 valence electrons.